The number of likely N-dealkylation sites (N-methyl/N-ethyl adjacent to an activating group) is 1. The molecule has 1 saturated heterocycles. The summed E-state index contributed by atoms with van der Waals surface area (Å²) in [6.45, 7) is 3.54. The number of methoxy groups -OCH3 is 3. The van der Waals surface area contributed by atoms with Gasteiger partial charge in [-0.1, -0.05) is 12.1 Å². The van der Waals surface area contributed by atoms with Crippen molar-refractivity contribution in [2.75, 3.05) is 61.2 Å². The van der Waals surface area contributed by atoms with Gasteiger partial charge >= 0.3 is 6.09 Å². The van der Waals surface area contributed by atoms with Crippen molar-refractivity contribution in [1.29, 1.82) is 0 Å². The highest BCUT2D eigenvalue weighted by Gasteiger charge is 2.45. The number of fused-ring (bicyclic) bond motifs is 1. The molecule has 1 fully saturated rings. The second-order valence-electron chi connectivity index (χ2n) is 8.92. The van der Waals surface area contributed by atoms with Gasteiger partial charge in [0.15, 0.2) is 11.5 Å². The minimum absolute atomic E-state index is 0.128. The second-order valence-corrected chi connectivity index (χ2v) is 8.92. The third-order valence-electron chi connectivity index (χ3n) is 7.02. The Morgan fingerprint density at radius 3 is 2.05 bits per heavy atom. The predicted molar refractivity (Wildman–Crippen MR) is 135 cm³/mol. The maximum atomic E-state index is 14.2. The van der Waals surface area contributed by atoms with Gasteiger partial charge in [0.05, 0.1) is 39.9 Å². The van der Waals surface area contributed by atoms with Crippen molar-refractivity contribution >= 4 is 17.9 Å². The fourth-order valence-electron chi connectivity index (χ4n) is 5.05. The number of piperazine rings is 1. The van der Waals surface area contributed by atoms with Crippen molar-refractivity contribution < 1.29 is 33.3 Å². The average Bonchev–Trinajstić information content (AvgIpc) is 2.94. The van der Waals surface area contributed by atoms with Gasteiger partial charge in [-0.3, -0.25) is 9.59 Å². The van der Waals surface area contributed by atoms with E-state index < -0.39 is 12.0 Å². The zero-order valence-electron chi connectivity index (χ0n) is 21.9. The fourth-order valence-corrected chi connectivity index (χ4v) is 5.05. The van der Waals surface area contributed by atoms with Crippen molar-refractivity contribution in [2.24, 2.45) is 0 Å². The lowest BCUT2D eigenvalue weighted by Crippen LogP contribution is -2.54. The average molecular weight is 512 g/mol. The lowest BCUT2D eigenvalue weighted by Gasteiger charge is -2.43. The molecule has 4 rings (SSSR count). The summed E-state index contributed by atoms with van der Waals surface area (Å²) >= 11 is 0. The summed E-state index contributed by atoms with van der Waals surface area (Å²) in [6, 6.07) is 10.2. The first kappa shape index (κ1) is 26.1. The van der Waals surface area contributed by atoms with Crippen LogP contribution in [0.15, 0.2) is 36.4 Å². The molecule has 0 aromatic heterocycles. The van der Waals surface area contributed by atoms with E-state index >= 15 is 0 Å². The molecule has 2 aromatic carbocycles. The van der Waals surface area contributed by atoms with Crippen LogP contribution in [-0.4, -0.2) is 93.8 Å². The molecular weight excluding hydrogens is 478 g/mol. The summed E-state index contributed by atoms with van der Waals surface area (Å²) in [5.74, 6) is 0.501. The van der Waals surface area contributed by atoms with E-state index in [1.165, 1.54) is 14.2 Å². The Morgan fingerprint density at radius 1 is 0.892 bits per heavy atom. The summed E-state index contributed by atoms with van der Waals surface area (Å²) < 4.78 is 21.4. The Balaban J connectivity index is 1.76. The Morgan fingerprint density at radius 2 is 1.49 bits per heavy atom. The maximum absolute atomic E-state index is 14.2. The third-order valence-corrected chi connectivity index (χ3v) is 7.02. The quantitative estimate of drug-likeness (QED) is 0.588. The highest BCUT2D eigenvalue weighted by atomic mass is 16.6. The molecule has 37 heavy (non-hydrogen) atoms. The first-order valence-corrected chi connectivity index (χ1v) is 12.2. The van der Waals surface area contributed by atoms with Crippen LogP contribution in [0, 0.1) is 0 Å². The smallest absolute Gasteiger partial charge is 0.409 e. The van der Waals surface area contributed by atoms with Crippen molar-refractivity contribution in [3.05, 3.63) is 53.1 Å². The monoisotopic (exact) mass is 511 g/mol. The van der Waals surface area contributed by atoms with Gasteiger partial charge in [0.2, 0.25) is 5.91 Å². The van der Waals surface area contributed by atoms with Gasteiger partial charge in [0.25, 0.3) is 5.91 Å². The molecule has 198 valence electrons. The zero-order chi connectivity index (χ0) is 26.7. The molecule has 0 unspecified atom stereocenters. The van der Waals surface area contributed by atoms with E-state index in [1.54, 1.807) is 47.9 Å². The molecule has 2 heterocycles. The molecule has 2 aliphatic heterocycles. The topological polar surface area (TPSA) is 97.8 Å². The Labute approximate surface area is 216 Å². The number of amides is 3. The van der Waals surface area contributed by atoms with E-state index in [0.717, 1.165) is 5.56 Å². The number of rotatable bonds is 6. The molecule has 0 radical (unpaired) electrons. The summed E-state index contributed by atoms with van der Waals surface area (Å²) in [5, 5.41) is 0. The number of carbonyl (C=O) groups is 3. The summed E-state index contributed by atoms with van der Waals surface area (Å²) in [7, 11) is 6.32. The van der Waals surface area contributed by atoms with Crippen LogP contribution in [0.25, 0.3) is 0 Å². The highest BCUT2D eigenvalue weighted by molar-refractivity contribution is 6.02. The van der Waals surface area contributed by atoms with Crippen molar-refractivity contribution in [3.63, 3.8) is 0 Å². The van der Waals surface area contributed by atoms with Crippen molar-refractivity contribution in [2.45, 2.75) is 18.9 Å². The minimum Gasteiger partial charge on any atom is -0.497 e. The zero-order valence-corrected chi connectivity index (χ0v) is 21.9. The Hall–Kier alpha value is -3.95. The van der Waals surface area contributed by atoms with Gasteiger partial charge in [-0.05, 0) is 42.3 Å². The number of benzene rings is 2. The van der Waals surface area contributed by atoms with Gasteiger partial charge in [0, 0.05) is 38.8 Å². The van der Waals surface area contributed by atoms with E-state index in [9.17, 15) is 14.4 Å². The van der Waals surface area contributed by atoms with Crippen molar-refractivity contribution in [3.8, 4) is 17.2 Å². The van der Waals surface area contributed by atoms with Crippen molar-refractivity contribution in [1.82, 2.24) is 14.7 Å². The van der Waals surface area contributed by atoms with Crippen LogP contribution in [0.1, 0.15) is 40.4 Å². The van der Waals surface area contributed by atoms with Crippen LogP contribution in [0.4, 0.5) is 4.79 Å². The molecule has 2 aromatic rings. The van der Waals surface area contributed by atoms with Gasteiger partial charge in [-0.2, -0.15) is 0 Å². The number of hydrogen-bond donors (Lipinski definition) is 0. The van der Waals surface area contributed by atoms with Crippen LogP contribution in [-0.2, 0) is 9.53 Å². The maximum Gasteiger partial charge on any atom is 0.409 e. The molecule has 2 aliphatic rings. The first-order valence-electron chi connectivity index (χ1n) is 12.2. The number of hydrogen-bond acceptors (Lipinski definition) is 7. The molecule has 0 saturated carbocycles. The van der Waals surface area contributed by atoms with Gasteiger partial charge < -0.3 is 33.6 Å². The lowest BCUT2D eigenvalue weighted by atomic mass is 9.78. The Bertz CT molecular complexity index is 1160. The molecule has 0 aliphatic carbocycles. The van der Waals surface area contributed by atoms with E-state index in [-0.39, 0.29) is 17.9 Å². The second kappa shape index (κ2) is 11.0. The van der Waals surface area contributed by atoms with E-state index in [1.807, 2.05) is 24.3 Å². The minimum atomic E-state index is -0.694. The molecule has 0 N–H and O–H groups in total. The van der Waals surface area contributed by atoms with Crippen LogP contribution < -0.4 is 14.2 Å². The summed E-state index contributed by atoms with van der Waals surface area (Å²) in [6.07, 6.45) is -0.379. The van der Waals surface area contributed by atoms with Crippen LogP contribution in [0.5, 0.6) is 17.2 Å². The standard InChI is InChI=1S/C27H33N3O7/c1-6-37-27(33)30-13-11-29(12-14-30)26(32)23-19-15-21(35-4)22(36-5)16-20(19)25(31)28(2)24(23)17-7-9-18(34-3)10-8-17/h7-10,15-16,23-24H,6,11-14H2,1-5H3/t23-,24-/m1/s1. The normalized spacial score (nSPS) is 19.3. The Kier molecular flexibility index (Phi) is 7.75. The third kappa shape index (κ3) is 4.87. The van der Waals surface area contributed by atoms with Gasteiger partial charge in [0.1, 0.15) is 5.75 Å². The first-order chi connectivity index (χ1) is 17.8. The molecule has 3 amide bonds. The van der Waals surface area contributed by atoms with E-state index in [2.05, 4.69) is 0 Å². The number of ether oxygens (including phenoxy) is 4. The van der Waals surface area contributed by atoms with Crippen LogP contribution in [0.3, 0.4) is 0 Å². The largest absolute Gasteiger partial charge is 0.497 e. The van der Waals surface area contributed by atoms with Crippen LogP contribution in [0.2, 0.25) is 0 Å². The SMILES string of the molecule is CCOC(=O)N1CCN(C(=O)[C@@H]2c3cc(OC)c(OC)cc3C(=O)N(C)[C@@H]2c2ccc(OC)cc2)CC1. The molecule has 10 nitrogen and oxygen atoms in total. The van der Waals surface area contributed by atoms with Crippen LogP contribution >= 0.6 is 0 Å². The fraction of sp³-hybridized carbons (Fsp3) is 0.444. The predicted octanol–water partition coefficient (Wildman–Crippen LogP) is 2.92. The molecule has 2 atom stereocenters. The number of carbonyl (C=O) groups excluding carboxylic acids is 3. The van der Waals surface area contributed by atoms with Gasteiger partial charge in [-0.25, -0.2) is 4.79 Å². The lowest BCUT2D eigenvalue weighted by molar-refractivity contribution is -0.136. The molecule has 0 spiro atoms. The molecule has 0 bridgehead atoms. The van der Waals surface area contributed by atoms with E-state index in [4.69, 9.17) is 18.9 Å². The molecular formula is C27H33N3O7. The summed E-state index contributed by atoms with van der Waals surface area (Å²) in [5.41, 5.74) is 1.79. The molecule has 10 heteroatoms. The van der Waals surface area contributed by atoms with Gasteiger partial charge in [-0.15, -0.1) is 0 Å². The van der Waals surface area contributed by atoms with E-state index in [0.29, 0.717) is 61.2 Å². The number of nitrogens with zero attached hydrogens (tertiary/aromatic N) is 3. The highest BCUT2D eigenvalue weighted by Crippen LogP contribution is 2.46. The summed E-state index contributed by atoms with van der Waals surface area (Å²) in [4.78, 5) is 44.8.